The molecule has 3 N–H and O–H groups in total. The molecule has 1 heterocycles. The van der Waals surface area contributed by atoms with Gasteiger partial charge < -0.3 is 15.7 Å². The fourth-order valence-corrected chi connectivity index (χ4v) is 1.65. The molecule has 0 aliphatic heterocycles. The lowest BCUT2D eigenvalue weighted by atomic mass is 10.1. The Morgan fingerprint density at radius 2 is 2.20 bits per heavy atom. The highest BCUT2D eigenvalue weighted by Crippen LogP contribution is 2.16. The standard InChI is InChI=1S/C14H16N4O2/c1-10(19)11-4-2-5-12(8-11)17-14(20)15-9-13-6-3-7-16-18-13/h2-8,10,19H,9H2,1H3,(H2,15,17,20). The third kappa shape index (κ3) is 4.03. The number of carbonyl (C=O) groups is 1. The summed E-state index contributed by atoms with van der Waals surface area (Å²) in [5.41, 5.74) is 2.05. The van der Waals surface area contributed by atoms with Gasteiger partial charge in [0, 0.05) is 11.9 Å². The van der Waals surface area contributed by atoms with E-state index in [1.165, 1.54) is 0 Å². The average Bonchev–Trinajstić information content (AvgIpc) is 2.46. The number of urea groups is 1. The maximum Gasteiger partial charge on any atom is 0.319 e. The molecule has 6 heteroatoms. The molecule has 1 unspecified atom stereocenters. The van der Waals surface area contributed by atoms with Gasteiger partial charge >= 0.3 is 6.03 Å². The number of aliphatic hydroxyl groups is 1. The Labute approximate surface area is 116 Å². The van der Waals surface area contributed by atoms with Crippen LogP contribution in [0.4, 0.5) is 10.5 Å². The van der Waals surface area contributed by atoms with Crippen molar-refractivity contribution in [3.8, 4) is 0 Å². The summed E-state index contributed by atoms with van der Waals surface area (Å²) in [7, 11) is 0. The largest absolute Gasteiger partial charge is 0.389 e. The van der Waals surface area contributed by atoms with Crippen LogP contribution in [-0.2, 0) is 6.54 Å². The first kappa shape index (κ1) is 14.0. The highest BCUT2D eigenvalue weighted by Gasteiger charge is 2.05. The van der Waals surface area contributed by atoms with Gasteiger partial charge in [0.1, 0.15) is 0 Å². The maximum atomic E-state index is 11.7. The summed E-state index contributed by atoms with van der Waals surface area (Å²) in [5.74, 6) is 0. The Morgan fingerprint density at radius 3 is 2.90 bits per heavy atom. The molecule has 0 saturated heterocycles. The van der Waals surface area contributed by atoms with E-state index in [2.05, 4.69) is 20.8 Å². The summed E-state index contributed by atoms with van der Waals surface area (Å²) >= 11 is 0. The minimum absolute atomic E-state index is 0.301. The van der Waals surface area contributed by atoms with Crippen molar-refractivity contribution >= 4 is 11.7 Å². The van der Waals surface area contributed by atoms with Gasteiger partial charge in [0.05, 0.1) is 18.3 Å². The molecule has 2 amide bonds. The Kier molecular flexibility index (Phi) is 4.62. The van der Waals surface area contributed by atoms with E-state index >= 15 is 0 Å². The zero-order chi connectivity index (χ0) is 14.4. The molecule has 0 bridgehead atoms. The lowest BCUT2D eigenvalue weighted by Crippen LogP contribution is -2.28. The zero-order valence-electron chi connectivity index (χ0n) is 11.1. The molecule has 0 aliphatic rings. The molecule has 0 radical (unpaired) electrons. The molecule has 104 valence electrons. The smallest absolute Gasteiger partial charge is 0.319 e. The molecule has 20 heavy (non-hydrogen) atoms. The van der Waals surface area contributed by atoms with Crippen LogP contribution in [0.2, 0.25) is 0 Å². The van der Waals surface area contributed by atoms with Crippen molar-refractivity contribution in [3.05, 3.63) is 53.9 Å². The van der Waals surface area contributed by atoms with Crippen molar-refractivity contribution < 1.29 is 9.90 Å². The van der Waals surface area contributed by atoms with Crippen LogP contribution in [0.25, 0.3) is 0 Å². The number of hydrogen-bond donors (Lipinski definition) is 3. The number of nitrogens with zero attached hydrogens (tertiary/aromatic N) is 2. The normalized spacial score (nSPS) is 11.7. The Bertz CT molecular complexity index is 572. The molecule has 1 atom stereocenters. The number of amides is 2. The van der Waals surface area contributed by atoms with E-state index in [4.69, 9.17) is 0 Å². The highest BCUT2D eigenvalue weighted by molar-refractivity contribution is 5.89. The van der Waals surface area contributed by atoms with Crippen molar-refractivity contribution in [2.24, 2.45) is 0 Å². The second-order valence-electron chi connectivity index (χ2n) is 4.32. The van der Waals surface area contributed by atoms with Gasteiger partial charge in [-0.05, 0) is 36.8 Å². The molecule has 0 aliphatic carbocycles. The lowest BCUT2D eigenvalue weighted by molar-refractivity contribution is 0.199. The quantitative estimate of drug-likeness (QED) is 0.792. The van der Waals surface area contributed by atoms with E-state index in [9.17, 15) is 9.90 Å². The van der Waals surface area contributed by atoms with E-state index in [1.54, 1.807) is 49.5 Å². The molecule has 6 nitrogen and oxygen atoms in total. The topological polar surface area (TPSA) is 87.1 Å². The second kappa shape index (κ2) is 6.63. The van der Waals surface area contributed by atoms with Crippen molar-refractivity contribution in [2.45, 2.75) is 19.6 Å². The number of nitrogens with one attached hydrogen (secondary N) is 2. The third-order valence-corrected chi connectivity index (χ3v) is 2.68. The number of aliphatic hydroxyl groups excluding tert-OH is 1. The van der Waals surface area contributed by atoms with E-state index in [0.717, 1.165) is 5.56 Å². The Hall–Kier alpha value is -2.47. The van der Waals surface area contributed by atoms with E-state index in [1.807, 2.05) is 0 Å². The molecular weight excluding hydrogens is 256 g/mol. The van der Waals surface area contributed by atoms with Gasteiger partial charge in [-0.2, -0.15) is 10.2 Å². The fourth-order valence-electron chi connectivity index (χ4n) is 1.65. The van der Waals surface area contributed by atoms with Gasteiger partial charge in [-0.1, -0.05) is 12.1 Å². The van der Waals surface area contributed by atoms with Crippen LogP contribution in [0.1, 0.15) is 24.3 Å². The van der Waals surface area contributed by atoms with Gasteiger partial charge in [0.25, 0.3) is 0 Å². The highest BCUT2D eigenvalue weighted by atomic mass is 16.3. The number of aromatic nitrogens is 2. The van der Waals surface area contributed by atoms with Crippen LogP contribution in [-0.4, -0.2) is 21.3 Å². The van der Waals surface area contributed by atoms with Crippen LogP contribution < -0.4 is 10.6 Å². The van der Waals surface area contributed by atoms with Gasteiger partial charge in [-0.25, -0.2) is 4.79 Å². The molecule has 0 spiro atoms. The molecule has 0 fully saturated rings. The maximum absolute atomic E-state index is 11.7. The number of hydrogen-bond acceptors (Lipinski definition) is 4. The molecular formula is C14H16N4O2. The number of benzene rings is 1. The first-order valence-electron chi connectivity index (χ1n) is 6.24. The number of carbonyl (C=O) groups excluding carboxylic acids is 1. The summed E-state index contributed by atoms with van der Waals surface area (Å²) in [6.45, 7) is 1.98. The first-order chi connectivity index (χ1) is 9.65. The van der Waals surface area contributed by atoms with Crippen LogP contribution >= 0.6 is 0 Å². The monoisotopic (exact) mass is 272 g/mol. The van der Waals surface area contributed by atoms with E-state index in [0.29, 0.717) is 17.9 Å². The lowest BCUT2D eigenvalue weighted by Gasteiger charge is -2.10. The van der Waals surface area contributed by atoms with E-state index < -0.39 is 6.10 Å². The summed E-state index contributed by atoms with van der Waals surface area (Å²) < 4.78 is 0. The minimum atomic E-state index is -0.570. The molecule has 1 aromatic carbocycles. The summed E-state index contributed by atoms with van der Waals surface area (Å²) in [6.07, 6.45) is 1.00. The molecule has 2 rings (SSSR count). The predicted octanol–water partition coefficient (Wildman–Crippen LogP) is 1.85. The second-order valence-corrected chi connectivity index (χ2v) is 4.32. The molecule has 0 saturated carbocycles. The molecule has 2 aromatic rings. The van der Waals surface area contributed by atoms with Crippen molar-refractivity contribution in [3.63, 3.8) is 0 Å². The summed E-state index contributed by atoms with van der Waals surface area (Å²) in [5, 5.41) is 22.5. The van der Waals surface area contributed by atoms with Gasteiger partial charge in [0.2, 0.25) is 0 Å². The van der Waals surface area contributed by atoms with E-state index in [-0.39, 0.29) is 6.03 Å². The van der Waals surface area contributed by atoms with Gasteiger partial charge in [-0.3, -0.25) is 0 Å². The van der Waals surface area contributed by atoms with Crippen LogP contribution in [0.3, 0.4) is 0 Å². The van der Waals surface area contributed by atoms with Crippen molar-refractivity contribution in [2.75, 3.05) is 5.32 Å². The van der Waals surface area contributed by atoms with Crippen molar-refractivity contribution in [1.29, 1.82) is 0 Å². The van der Waals surface area contributed by atoms with Crippen LogP contribution in [0.15, 0.2) is 42.6 Å². The summed E-state index contributed by atoms with van der Waals surface area (Å²) in [6, 6.07) is 10.3. The summed E-state index contributed by atoms with van der Waals surface area (Å²) in [4.78, 5) is 11.7. The first-order valence-corrected chi connectivity index (χ1v) is 6.24. The SMILES string of the molecule is CC(O)c1cccc(NC(=O)NCc2cccnn2)c1. The number of rotatable bonds is 4. The predicted molar refractivity (Wildman–Crippen MR) is 75.0 cm³/mol. The Balaban J connectivity index is 1.90. The number of anilines is 1. The van der Waals surface area contributed by atoms with Crippen LogP contribution in [0, 0.1) is 0 Å². The third-order valence-electron chi connectivity index (χ3n) is 2.68. The van der Waals surface area contributed by atoms with Crippen LogP contribution in [0.5, 0.6) is 0 Å². The minimum Gasteiger partial charge on any atom is -0.389 e. The fraction of sp³-hybridized carbons (Fsp3) is 0.214. The zero-order valence-corrected chi connectivity index (χ0v) is 11.1. The average molecular weight is 272 g/mol. The Morgan fingerprint density at radius 1 is 1.35 bits per heavy atom. The van der Waals surface area contributed by atoms with Crippen molar-refractivity contribution in [1.82, 2.24) is 15.5 Å². The van der Waals surface area contributed by atoms with Gasteiger partial charge in [-0.15, -0.1) is 0 Å². The van der Waals surface area contributed by atoms with Gasteiger partial charge in [0.15, 0.2) is 0 Å². The molecule has 1 aromatic heterocycles.